The molecule has 2 aromatic carbocycles. The van der Waals surface area contributed by atoms with Crippen molar-refractivity contribution in [3.8, 4) is 11.1 Å². The molecule has 0 radical (unpaired) electrons. The molecule has 0 bridgehead atoms. The number of anilines is 2. The summed E-state index contributed by atoms with van der Waals surface area (Å²) < 4.78 is 12.9. The van der Waals surface area contributed by atoms with Gasteiger partial charge < -0.3 is 21.4 Å². The molecule has 0 aliphatic heterocycles. The number of fused-ring (bicyclic) bond motifs is 1. The fraction of sp³-hybridized carbons (Fsp3) is 0. The fourth-order valence-corrected chi connectivity index (χ4v) is 3.08. The molecule has 4 aromatic rings. The average molecular weight is 389 g/mol. The Morgan fingerprint density at radius 1 is 0.931 bits per heavy atom. The smallest absolute Gasteiger partial charge is 0.323 e. The van der Waals surface area contributed by atoms with Gasteiger partial charge >= 0.3 is 6.03 Å². The van der Waals surface area contributed by atoms with Crippen molar-refractivity contribution in [3.05, 3.63) is 78.5 Å². The third kappa shape index (κ3) is 3.77. The molecule has 144 valence electrons. The monoisotopic (exact) mass is 389 g/mol. The van der Waals surface area contributed by atoms with Crippen molar-refractivity contribution < 1.29 is 14.0 Å². The number of nitrogens with two attached hydrogens (primary N) is 1. The van der Waals surface area contributed by atoms with Crippen molar-refractivity contribution in [2.75, 3.05) is 10.6 Å². The number of nitrogens with one attached hydrogen (secondary N) is 3. The summed E-state index contributed by atoms with van der Waals surface area (Å²) in [5.74, 6) is -0.952. The molecule has 0 atom stereocenters. The average Bonchev–Trinajstić information content (AvgIpc) is 3.10. The second-order valence-electron chi connectivity index (χ2n) is 6.32. The van der Waals surface area contributed by atoms with E-state index in [2.05, 4.69) is 20.6 Å². The number of primary amides is 1. The van der Waals surface area contributed by atoms with Crippen molar-refractivity contribution >= 4 is 34.2 Å². The highest BCUT2D eigenvalue weighted by atomic mass is 19.1. The van der Waals surface area contributed by atoms with Gasteiger partial charge in [-0.25, -0.2) is 9.18 Å². The number of carbonyl (C=O) groups is 2. The second kappa shape index (κ2) is 7.43. The number of pyridine rings is 1. The summed E-state index contributed by atoms with van der Waals surface area (Å²) in [6, 6.07) is 13.8. The van der Waals surface area contributed by atoms with Gasteiger partial charge in [-0.1, -0.05) is 12.1 Å². The molecule has 0 spiro atoms. The lowest BCUT2D eigenvalue weighted by molar-refractivity contribution is 0.0997. The topological polar surface area (TPSA) is 113 Å². The molecule has 0 aliphatic carbocycles. The minimum Gasteiger partial charge on any atom is -0.364 e. The first-order valence-electron chi connectivity index (χ1n) is 8.71. The maximum atomic E-state index is 12.9. The number of rotatable bonds is 4. The number of aromatic amines is 1. The first kappa shape index (κ1) is 18.2. The Kier molecular flexibility index (Phi) is 4.66. The van der Waals surface area contributed by atoms with E-state index in [-0.39, 0.29) is 5.82 Å². The Bertz CT molecular complexity index is 1200. The van der Waals surface area contributed by atoms with E-state index in [1.165, 1.54) is 24.3 Å². The van der Waals surface area contributed by atoms with Crippen LogP contribution in [0.2, 0.25) is 0 Å². The Morgan fingerprint density at radius 2 is 1.55 bits per heavy atom. The van der Waals surface area contributed by atoms with Gasteiger partial charge in [0, 0.05) is 28.5 Å². The number of nitrogens with zero attached hydrogens (tertiary/aromatic N) is 1. The first-order valence-corrected chi connectivity index (χ1v) is 8.71. The van der Waals surface area contributed by atoms with Crippen LogP contribution in [-0.4, -0.2) is 21.9 Å². The van der Waals surface area contributed by atoms with Crippen LogP contribution in [0.5, 0.6) is 0 Å². The lowest BCUT2D eigenvalue weighted by Gasteiger charge is -2.09. The molecule has 8 heteroatoms. The number of aromatic nitrogens is 2. The van der Waals surface area contributed by atoms with E-state index < -0.39 is 11.9 Å². The van der Waals surface area contributed by atoms with Crippen LogP contribution in [0, 0.1) is 5.82 Å². The largest absolute Gasteiger partial charge is 0.364 e. The third-order valence-corrected chi connectivity index (χ3v) is 4.38. The summed E-state index contributed by atoms with van der Waals surface area (Å²) >= 11 is 0. The molecule has 5 N–H and O–H groups in total. The van der Waals surface area contributed by atoms with E-state index in [1.807, 2.05) is 0 Å². The zero-order valence-corrected chi connectivity index (χ0v) is 15.1. The van der Waals surface area contributed by atoms with Crippen LogP contribution in [0.4, 0.5) is 20.6 Å². The maximum absolute atomic E-state index is 12.9. The highest BCUT2D eigenvalue weighted by Gasteiger charge is 2.17. The molecular weight excluding hydrogens is 373 g/mol. The van der Waals surface area contributed by atoms with Gasteiger partial charge in [-0.3, -0.25) is 9.78 Å². The summed E-state index contributed by atoms with van der Waals surface area (Å²) in [4.78, 5) is 31.0. The van der Waals surface area contributed by atoms with E-state index >= 15 is 0 Å². The summed E-state index contributed by atoms with van der Waals surface area (Å²) in [7, 11) is 0. The minimum absolute atomic E-state index is 0.294. The lowest BCUT2D eigenvalue weighted by Crippen LogP contribution is -2.19. The third-order valence-electron chi connectivity index (χ3n) is 4.38. The van der Waals surface area contributed by atoms with Gasteiger partial charge in [0.2, 0.25) is 0 Å². The predicted molar refractivity (Wildman–Crippen MR) is 109 cm³/mol. The molecule has 3 amide bonds. The maximum Gasteiger partial charge on any atom is 0.323 e. The van der Waals surface area contributed by atoms with Crippen LogP contribution in [0.15, 0.2) is 67.0 Å². The Morgan fingerprint density at radius 3 is 2.17 bits per heavy atom. The number of hydrogen-bond acceptors (Lipinski definition) is 3. The predicted octanol–water partition coefficient (Wildman–Crippen LogP) is 4.11. The Balaban J connectivity index is 1.56. The number of benzene rings is 2. The van der Waals surface area contributed by atoms with Gasteiger partial charge in [0.15, 0.2) is 0 Å². The fourth-order valence-electron chi connectivity index (χ4n) is 3.08. The summed E-state index contributed by atoms with van der Waals surface area (Å²) in [6.07, 6.45) is 3.27. The van der Waals surface area contributed by atoms with Crippen molar-refractivity contribution in [1.82, 2.24) is 9.97 Å². The highest BCUT2D eigenvalue weighted by molar-refractivity contribution is 6.09. The molecule has 2 aromatic heterocycles. The molecule has 29 heavy (non-hydrogen) atoms. The number of H-pyrrole nitrogens is 1. The second-order valence-corrected chi connectivity index (χ2v) is 6.32. The lowest BCUT2D eigenvalue weighted by atomic mass is 10.0. The van der Waals surface area contributed by atoms with Gasteiger partial charge in [0.1, 0.15) is 11.5 Å². The Labute approximate surface area is 164 Å². The zero-order valence-electron chi connectivity index (χ0n) is 15.1. The van der Waals surface area contributed by atoms with E-state index in [4.69, 9.17) is 5.73 Å². The summed E-state index contributed by atoms with van der Waals surface area (Å²) in [6.45, 7) is 0. The van der Waals surface area contributed by atoms with Crippen LogP contribution >= 0.6 is 0 Å². The van der Waals surface area contributed by atoms with Crippen LogP contribution in [0.1, 0.15) is 10.5 Å². The minimum atomic E-state index is -0.572. The quantitative estimate of drug-likeness (QED) is 0.421. The summed E-state index contributed by atoms with van der Waals surface area (Å²) in [5, 5.41) is 6.14. The van der Waals surface area contributed by atoms with Crippen molar-refractivity contribution in [2.24, 2.45) is 5.73 Å². The van der Waals surface area contributed by atoms with Gasteiger partial charge in [0.05, 0.1) is 11.7 Å². The van der Waals surface area contributed by atoms with Gasteiger partial charge in [0.25, 0.3) is 5.91 Å². The molecule has 0 saturated carbocycles. The van der Waals surface area contributed by atoms with E-state index in [0.29, 0.717) is 28.1 Å². The first-order chi connectivity index (χ1) is 14.0. The van der Waals surface area contributed by atoms with Gasteiger partial charge in [-0.15, -0.1) is 0 Å². The number of hydrogen-bond donors (Lipinski definition) is 4. The van der Waals surface area contributed by atoms with E-state index in [9.17, 15) is 14.0 Å². The van der Waals surface area contributed by atoms with Crippen LogP contribution in [0.3, 0.4) is 0 Å². The standard InChI is InChI=1S/C21H16FN5O2/c22-13-3-7-15(8-4-13)26-21(29)25-14-5-1-12(2-6-14)18-16-9-10-24-11-17(16)27-19(18)20(23)28/h1-11,27H,(H2,23,28)(H2,25,26,29). The Hall–Kier alpha value is -4.20. The molecule has 0 saturated heterocycles. The number of amides is 3. The van der Waals surface area contributed by atoms with Gasteiger partial charge in [-0.05, 0) is 48.0 Å². The van der Waals surface area contributed by atoms with Crippen LogP contribution < -0.4 is 16.4 Å². The van der Waals surface area contributed by atoms with Crippen LogP contribution in [0.25, 0.3) is 22.0 Å². The van der Waals surface area contributed by atoms with E-state index in [1.54, 1.807) is 42.7 Å². The molecule has 0 aliphatic rings. The molecule has 0 unspecified atom stereocenters. The number of halogens is 1. The molecular formula is C21H16FN5O2. The number of urea groups is 1. The van der Waals surface area contributed by atoms with E-state index in [0.717, 1.165) is 10.9 Å². The normalized spacial score (nSPS) is 10.7. The van der Waals surface area contributed by atoms with Crippen molar-refractivity contribution in [2.45, 2.75) is 0 Å². The zero-order chi connectivity index (χ0) is 20.4. The van der Waals surface area contributed by atoms with Gasteiger partial charge in [-0.2, -0.15) is 0 Å². The highest BCUT2D eigenvalue weighted by Crippen LogP contribution is 2.32. The summed E-state index contributed by atoms with van der Waals surface area (Å²) in [5.41, 5.74) is 8.98. The van der Waals surface area contributed by atoms with Crippen molar-refractivity contribution in [3.63, 3.8) is 0 Å². The molecule has 2 heterocycles. The number of carbonyl (C=O) groups excluding carboxylic acids is 2. The van der Waals surface area contributed by atoms with Crippen molar-refractivity contribution in [1.29, 1.82) is 0 Å². The SMILES string of the molecule is NC(=O)c1[nH]c2cnccc2c1-c1ccc(NC(=O)Nc2ccc(F)cc2)cc1. The molecule has 0 fully saturated rings. The molecule has 7 nitrogen and oxygen atoms in total. The molecule has 4 rings (SSSR count). The van der Waals surface area contributed by atoms with Crippen LogP contribution in [-0.2, 0) is 0 Å².